The lowest BCUT2D eigenvalue weighted by Crippen LogP contribution is -2.33. The van der Waals surface area contributed by atoms with Gasteiger partial charge in [0.1, 0.15) is 17.9 Å². The van der Waals surface area contributed by atoms with E-state index in [9.17, 15) is 9.90 Å². The van der Waals surface area contributed by atoms with E-state index >= 15 is 0 Å². The highest BCUT2D eigenvalue weighted by Crippen LogP contribution is 2.37. The summed E-state index contributed by atoms with van der Waals surface area (Å²) in [6, 6.07) is 5.78. The number of amides is 1. The minimum atomic E-state index is -0.434. The van der Waals surface area contributed by atoms with Crippen LogP contribution in [0.1, 0.15) is 35.7 Å². The normalized spacial score (nSPS) is 22.4. The lowest BCUT2D eigenvalue weighted by molar-refractivity contribution is -0.120. The van der Waals surface area contributed by atoms with Crippen molar-refractivity contribution in [1.29, 1.82) is 0 Å². The average molecular weight is 358 g/mol. The summed E-state index contributed by atoms with van der Waals surface area (Å²) in [7, 11) is 3.54. The lowest BCUT2D eigenvalue weighted by atomic mass is 10.0. The first-order valence-corrected chi connectivity index (χ1v) is 8.90. The second-order valence-corrected chi connectivity index (χ2v) is 7.08. The number of benzene rings is 1. The van der Waals surface area contributed by atoms with Gasteiger partial charge in [-0.1, -0.05) is 12.1 Å². The molecule has 0 radical (unpaired) electrons. The van der Waals surface area contributed by atoms with Crippen molar-refractivity contribution in [2.45, 2.75) is 38.2 Å². The number of aromatic nitrogens is 3. The maximum atomic E-state index is 12.3. The summed E-state index contributed by atoms with van der Waals surface area (Å²) in [5, 5.41) is 21.3. The number of methoxy groups -OCH3 is 1. The molecule has 1 aromatic carbocycles. The van der Waals surface area contributed by atoms with Gasteiger partial charge in [0.25, 0.3) is 0 Å². The van der Waals surface area contributed by atoms with Crippen LogP contribution >= 0.6 is 0 Å². The number of hydrogen-bond donors (Lipinski definition) is 2. The minimum absolute atomic E-state index is 0.0354. The van der Waals surface area contributed by atoms with Crippen LogP contribution in [0, 0.1) is 12.8 Å². The molecule has 3 rings (SSSR count). The third kappa shape index (κ3) is 4.04. The molecule has 140 valence electrons. The van der Waals surface area contributed by atoms with Crippen molar-refractivity contribution in [3.8, 4) is 5.75 Å². The van der Waals surface area contributed by atoms with E-state index in [1.54, 1.807) is 13.4 Å². The van der Waals surface area contributed by atoms with Crippen LogP contribution in [0.25, 0.3) is 0 Å². The van der Waals surface area contributed by atoms with Crippen LogP contribution in [0.3, 0.4) is 0 Å². The van der Waals surface area contributed by atoms with Crippen LogP contribution in [0.5, 0.6) is 5.75 Å². The van der Waals surface area contributed by atoms with Gasteiger partial charge >= 0.3 is 0 Å². The van der Waals surface area contributed by atoms with Crippen molar-refractivity contribution in [2.75, 3.05) is 13.7 Å². The van der Waals surface area contributed by atoms with Crippen molar-refractivity contribution in [1.82, 2.24) is 20.1 Å². The molecule has 1 aliphatic rings. The first-order valence-electron chi connectivity index (χ1n) is 8.90. The fourth-order valence-electron chi connectivity index (χ4n) is 3.66. The fourth-order valence-corrected chi connectivity index (χ4v) is 3.66. The van der Waals surface area contributed by atoms with E-state index in [2.05, 4.69) is 15.5 Å². The highest BCUT2D eigenvalue weighted by Gasteiger charge is 2.35. The SMILES string of the molecule is COc1cc(CC(=O)NC[C@H]2C[C@H](c3nncn3C)C[C@H]2O)ccc1C. The summed E-state index contributed by atoms with van der Waals surface area (Å²) in [4.78, 5) is 12.3. The van der Waals surface area contributed by atoms with Gasteiger partial charge in [-0.2, -0.15) is 0 Å². The second kappa shape index (κ2) is 7.86. The number of nitrogens with one attached hydrogen (secondary N) is 1. The molecule has 2 aromatic rings. The van der Waals surface area contributed by atoms with Gasteiger partial charge in [0.2, 0.25) is 5.91 Å². The quantitative estimate of drug-likeness (QED) is 0.814. The number of rotatable bonds is 6. The molecule has 0 aliphatic heterocycles. The molecule has 0 bridgehead atoms. The maximum Gasteiger partial charge on any atom is 0.224 e. The third-order valence-electron chi connectivity index (χ3n) is 5.17. The Morgan fingerprint density at radius 2 is 2.23 bits per heavy atom. The lowest BCUT2D eigenvalue weighted by Gasteiger charge is -2.15. The van der Waals surface area contributed by atoms with Gasteiger partial charge in [0.15, 0.2) is 0 Å². The Hall–Kier alpha value is -2.41. The molecule has 1 aliphatic carbocycles. The van der Waals surface area contributed by atoms with E-state index in [-0.39, 0.29) is 17.7 Å². The predicted octanol–water partition coefficient (Wildman–Crippen LogP) is 1.35. The largest absolute Gasteiger partial charge is 0.496 e. The Labute approximate surface area is 153 Å². The van der Waals surface area contributed by atoms with Gasteiger partial charge in [-0.3, -0.25) is 4.79 Å². The van der Waals surface area contributed by atoms with Gasteiger partial charge in [-0.15, -0.1) is 10.2 Å². The van der Waals surface area contributed by atoms with Crippen molar-refractivity contribution in [3.05, 3.63) is 41.5 Å². The van der Waals surface area contributed by atoms with Gasteiger partial charge in [0.05, 0.1) is 19.6 Å². The molecule has 3 atom stereocenters. The third-order valence-corrected chi connectivity index (χ3v) is 5.17. The molecular weight excluding hydrogens is 332 g/mol. The van der Waals surface area contributed by atoms with Crippen molar-refractivity contribution >= 4 is 5.91 Å². The first kappa shape index (κ1) is 18.4. The van der Waals surface area contributed by atoms with Gasteiger partial charge in [-0.05, 0) is 37.0 Å². The van der Waals surface area contributed by atoms with E-state index in [0.717, 1.165) is 29.1 Å². The summed E-state index contributed by atoms with van der Waals surface area (Å²) in [6.07, 6.45) is 2.99. The number of hydrogen-bond acceptors (Lipinski definition) is 5. The monoisotopic (exact) mass is 358 g/mol. The standard InChI is InChI=1S/C19H26N4O3/c1-12-4-5-13(6-17(12)26-3)7-18(25)20-10-15-8-14(9-16(15)24)19-22-21-11-23(19)2/h4-6,11,14-16,24H,7-10H2,1-3H3,(H,20,25)/t14-,15+,16+/m0/s1. The zero-order valence-electron chi connectivity index (χ0n) is 15.5. The molecule has 1 saturated carbocycles. The highest BCUT2D eigenvalue weighted by atomic mass is 16.5. The number of aryl methyl sites for hydroxylation is 2. The van der Waals surface area contributed by atoms with E-state index in [1.807, 2.05) is 36.7 Å². The maximum absolute atomic E-state index is 12.3. The summed E-state index contributed by atoms with van der Waals surface area (Å²) < 4.78 is 7.19. The summed E-state index contributed by atoms with van der Waals surface area (Å²) in [5.41, 5.74) is 1.95. The zero-order chi connectivity index (χ0) is 18.7. The van der Waals surface area contributed by atoms with Crippen LogP contribution in [-0.2, 0) is 18.3 Å². The number of nitrogens with zero attached hydrogens (tertiary/aromatic N) is 3. The average Bonchev–Trinajstić information content (AvgIpc) is 3.20. The van der Waals surface area contributed by atoms with Gasteiger partial charge < -0.3 is 19.7 Å². The summed E-state index contributed by atoms with van der Waals surface area (Å²) in [5.74, 6) is 1.84. The number of aliphatic hydroxyl groups is 1. The molecule has 7 heteroatoms. The second-order valence-electron chi connectivity index (χ2n) is 7.08. The summed E-state index contributed by atoms with van der Waals surface area (Å²) in [6.45, 7) is 2.44. The molecule has 0 spiro atoms. The Morgan fingerprint density at radius 3 is 2.92 bits per heavy atom. The first-order chi connectivity index (χ1) is 12.5. The Kier molecular flexibility index (Phi) is 5.56. The molecule has 0 saturated heterocycles. The number of carbonyl (C=O) groups excluding carboxylic acids is 1. The number of carbonyl (C=O) groups is 1. The van der Waals surface area contributed by atoms with Crippen molar-refractivity contribution in [3.63, 3.8) is 0 Å². The summed E-state index contributed by atoms with van der Waals surface area (Å²) >= 11 is 0. The smallest absolute Gasteiger partial charge is 0.224 e. The van der Waals surface area contributed by atoms with Gasteiger partial charge in [-0.25, -0.2) is 0 Å². The fraction of sp³-hybridized carbons (Fsp3) is 0.526. The molecule has 1 amide bonds. The van der Waals surface area contributed by atoms with E-state index < -0.39 is 6.10 Å². The van der Waals surface area contributed by atoms with Crippen LogP contribution in [0.4, 0.5) is 0 Å². The molecule has 26 heavy (non-hydrogen) atoms. The van der Waals surface area contributed by atoms with Crippen LogP contribution < -0.4 is 10.1 Å². The minimum Gasteiger partial charge on any atom is -0.496 e. The number of ether oxygens (including phenoxy) is 1. The predicted molar refractivity (Wildman–Crippen MR) is 96.9 cm³/mol. The number of aliphatic hydroxyl groups excluding tert-OH is 1. The molecule has 0 unspecified atom stereocenters. The van der Waals surface area contributed by atoms with Crippen molar-refractivity contribution < 1.29 is 14.6 Å². The highest BCUT2D eigenvalue weighted by molar-refractivity contribution is 5.78. The molecule has 1 aromatic heterocycles. The Bertz CT molecular complexity index is 774. The van der Waals surface area contributed by atoms with Crippen molar-refractivity contribution in [2.24, 2.45) is 13.0 Å². The molecule has 7 nitrogen and oxygen atoms in total. The van der Waals surface area contributed by atoms with E-state index in [1.165, 1.54) is 0 Å². The molecule has 2 N–H and O–H groups in total. The Balaban J connectivity index is 1.52. The van der Waals surface area contributed by atoms with Crippen LogP contribution in [-0.4, -0.2) is 45.5 Å². The van der Waals surface area contributed by atoms with Crippen LogP contribution in [0.2, 0.25) is 0 Å². The topological polar surface area (TPSA) is 89.3 Å². The molecular formula is C19H26N4O3. The molecule has 1 heterocycles. The molecule has 1 fully saturated rings. The zero-order valence-corrected chi connectivity index (χ0v) is 15.5. The van der Waals surface area contributed by atoms with Gasteiger partial charge in [0, 0.05) is 25.4 Å². The van der Waals surface area contributed by atoms with E-state index in [0.29, 0.717) is 19.4 Å². The van der Waals surface area contributed by atoms with Crippen LogP contribution in [0.15, 0.2) is 24.5 Å². The Morgan fingerprint density at radius 1 is 1.42 bits per heavy atom. The van der Waals surface area contributed by atoms with E-state index in [4.69, 9.17) is 4.74 Å².